The third kappa shape index (κ3) is 2.84. The van der Waals surface area contributed by atoms with Crippen LogP contribution < -0.4 is 10.6 Å². The molecule has 2 unspecified atom stereocenters. The molecule has 7 heteroatoms. The van der Waals surface area contributed by atoms with E-state index < -0.39 is 17.5 Å². The molecule has 1 aromatic heterocycles. The van der Waals surface area contributed by atoms with Crippen molar-refractivity contribution >= 4 is 45.5 Å². The van der Waals surface area contributed by atoms with Gasteiger partial charge in [-0.3, -0.25) is 14.5 Å². The number of carbonyl (C=O) groups is 3. The second-order valence-corrected chi connectivity index (χ2v) is 8.30. The lowest BCUT2D eigenvalue weighted by Crippen LogP contribution is -2.54. The van der Waals surface area contributed by atoms with Gasteiger partial charge in [0, 0.05) is 22.5 Å². The summed E-state index contributed by atoms with van der Waals surface area (Å²) in [5, 5.41) is 7.62. The number of nitrogens with zero attached hydrogens (tertiary/aromatic N) is 1. The van der Waals surface area contributed by atoms with Gasteiger partial charge in [0.15, 0.2) is 0 Å². The van der Waals surface area contributed by atoms with Crippen molar-refractivity contribution in [3.8, 4) is 0 Å². The lowest BCUT2D eigenvalue weighted by atomic mass is 9.73. The molecule has 0 radical (unpaired) electrons. The molecule has 1 aliphatic heterocycles. The largest absolute Gasteiger partial charge is 0.456 e. The first-order valence-corrected chi connectivity index (χ1v) is 10.3. The summed E-state index contributed by atoms with van der Waals surface area (Å²) in [4.78, 5) is 39.1. The van der Waals surface area contributed by atoms with E-state index >= 15 is 0 Å². The smallest absolute Gasteiger partial charge is 0.325 e. The Morgan fingerprint density at radius 2 is 1.97 bits per heavy atom. The van der Waals surface area contributed by atoms with Gasteiger partial charge >= 0.3 is 6.03 Å². The van der Waals surface area contributed by atoms with Crippen LogP contribution in [0.5, 0.6) is 0 Å². The van der Waals surface area contributed by atoms with E-state index in [1.807, 2.05) is 37.3 Å². The molecule has 2 atom stereocenters. The van der Waals surface area contributed by atoms with E-state index in [2.05, 4.69) is 10.6 Å². The number of anilines is 1. The Hall–Kier alpha value is -3.35. The molecule has 3 aromatic rings. The number of hydrogen-bond donors (Lipinski definition) is 2. The summed E-state index contributed by atoms with van der Waals surface area (Å²) in [7, 11) is 0. The van der Waals surface area contributed by atoms with Crippen molar-refractivity contribution < 1.29 is 18.8 Å². The zero-order valence-electron chi connectivity index (χ0n) is 16.7. The fourth-order valence-corrected chi connectivity index (χ4v) is 4.79. The Kier molecular flexibility index (Phi) is 4.27. The molecule has 30 heavy (non-hydrogen) atoms. The van der Waals surface area contributed by atoms with Gasteiger partial charge in [-0.2, -0.15) is 0 Å². The molecule has 1 saturated heterocycles. The number of urea groups is 1. The molecule has 7 nitrogen and oxygen atoms in total. The van der Waals surface area contributed by atoms with Crippen LogP contribution in [-0.2, 0) is 9.59 Å². The molecule has 2 aromatic carbocycles. The van der Waals surface area contributed by atoms with Crippen LogP contribution >= 0.6 is 0 Å². The van der Waals surface area contributed by atoms with Gasteiger partial charge in [0.2, 0.25) is 5.91 Å². The van der Waals surface area contributed by atoms with E-state index in [1.165, 1.54) is 0 Å². The molecular formula is C23H23N3O4. The third-order valence-corrected chi connectivity index (χ3v) is 6.47. The topological polar surface area (TPSA) is 91.7 Å². The standard InChI is InChI=1S/C23H23N3O4/c1-14-6-4-5-11-23(14)21(28)26(22(29)25-23)13-20(27)24-15-9-10-17-16-7-2-3-8-18(16)30-19(17)12-15/h2-3,7-10,12,14H,4-6,11,13H2,1H3,(H,24,27)(H,25,29). The monoisotopic (exact) mass is 405 g/mol. The van der Waals surface area contributed by atoms with Crippen LogP contribution in [0.2, 0.25) is 0 Å². The Morgan fingerprint density at radius 1 is 1.17 bits per heavy atom. The molecule has 0 bridgehead atoms. The first-order valence-electron chi connectivity index (χ1n) is 10.3. The van der Waals surface area contributed by atoms with E-state index in [1.54, 1.807) is 12.1 Å². The molecule has 2 fully saturated rings. The normalized spacial score (nSPS) is 24.0. The minimum absolute atomic E-state index is 0.0613. The van der Waals surface area contributed by atoms with Crippen LogP contribution in [-0.4, -0.2) is 34.8 Å². The third-order valence-electron chi connectivity index (χ3n) is 6.47. The Bertz CT molecular complexity index is 1180. The van der Waals surface area contributed by atoms with Crippen molar-refractivity contribution in [3.05, 3.63) is 42.5 Å². The van der Waals surface area contributed by atoms with Gasteiger partial charge < -0.3 is 15.1 Å². The zero-order valence-corrected chi connectivity index (χ0v) is 16.7. The number of imide groups is 1. The molecule has 2 heterocycles. The van der Waals surface area contributed by atoms with Gasteiger partial charge in [-0.05, 0) is 37.0 Å². The molecule has 1 aliphatic carbocycles. The summed E-state index contributed by atoms with van der Waals surface area (Å²) in [6.07, 6.45) is 3.47. The van der Waals surface area contributed by atoms with Crippen LogP contribution in [0.3, 0.4) is 0 Å². The summed E-state index contributed by atoms with van der Waals surface area (Å²) >= 11 is 0. The van der Waals surface area contributed by atoms with Crippen LogP contribution in [0, 0.1) is 5.92 Å². The molecule has 4 amide bonds. The highest BCUT2D eigenvalue weighted by Crippen LogP contribution is 2.38. The molecule has 2 N–H and O–H groups in total. The maximum Gasteiger partial charge on any atom is 0.325 e. The van der Waals surface area contributed by atoms with Gasteiger partial charge in [-0.15, -0.1) is 0 Å². The number of furan rings is 1. The average Bonchev–Trinajstić information content (AvgIpc) is 3.21. The number of hydrogen-bond acceptors (Lipinski definition) is 4. The predicted octanol–water partition coefficient (Wildman–Crippen LogP) is 4.03. The lowest BCUT2D eigenvalue weighted by Gasteiger charge is -2.36. The second kappa shape index (κ2) is 6.86. The van der Waals surface area contributed by atoms with E-state index in [4.69, 9.17) is 4.42 Å². The molecule has 2 aliphatic rings. The average molecular weight is 405 g/mol. The molecule has 154 valence electrons. The quantitative estimate of drug-likeness (QED) is 0.644. The van der Waals surface area contributed by atoms with E-state index in [0.29, 0.717) is 17.7 Å². The van der Waals surface area contributed by atoms with Gasteiger partial charge in [-0.1, -0.05) is 38.0 Å². The highest BCUT2D eigenvalue weighted by Gasteiger charge is 2.55. The van der Waals surface area contributed by atoms with Crippen LogP contribution in [0.25, 0.3) is 21.9 Å². The van der Waals surface area contributed by atoms with E-state index in [0.717, 1.165) is 40.5 Å². The van der Waals surface area contributed by atoms with Gasteiger partial charge in [0.1, 0.15) is 23.2 Å². The lowest BCUT2D eigenvalue weighted by molar-refractivity contribution is -0.136. The molecule has 1 spiro atoms. The van der Waals surface area contributed by atoms with Crippen molar-refractivity contribution in [2.24, 2.45) is 5.92 Å². The van der Waals surface area contributed by atoms with Crippen molar-refractivity contribution in [1.82, 2.24) is 10.2 Å². The van der Waals surface area contributed by atoms with Crippen molar-refractivity contribution in [3.63, 3.8) is 0 Å². The van der Waals surface area contributed by atoms with Gasteiger partial charge in [0.05, 0.1) is 0 Å². The number of benzene rings is 2. The van der Waals surface area contributed by atoms with Crippen LogP contribution in [0.4, 0.5) is 10.5 Å². The number of carbonyl (C=O) groups excluding carboxylic acids is 3. The first-order chi connectivity index (χ1) is 14.5. The number of fused-ring (bicyclic) bond motifs is 3. The van der Waals surface area contributed by atoms with E-state index in [-0.39, 0.29) is 18.4 Å². The summed E-state index contributed by atoms with van der Waals surface area (Å²) in [6, 6.07) is 12.7. The molecular weight excluding hydrogens is 382 g/mol. The number of amides is 4. The number of para-hydroxylation sites is 1. The Morgan fingerprint density at radius 3 is 2.80 bits per heavy atom. The second-order valence-electron chi connectivity index (χ2n) is 8.30. The minimum Gasteiger partial charge on any atom is -0.456 e. The van der Waals surface area contributed by atoms with Crippen molar-refractivity contribution in [1.29, 1.82) is 0 Å². The highest BCUT2D eigenvalue weighted by atomic mass is 16.3. The number of nitrogens with one attached hydrogen (secondary N) is 2. The maximum absolute atomic E-state index is 13.0. The van der Waals surface area contributed by atoms with Crippen LogP contribution in [0.1, 0.15) is 32.6 Å². The summed E-state index contributed by atoms with van der Waals surface area (Å²) in [5.41, 5.74) is 1.14. The zero-order chi connectivity index (χ0) is 20.9. The maximum atomic E-state index is 13.0. The van der Waals surface area contributed by atoms with Gasteiger partial charge in [-0.25, -0.2) is 4.79 Å². The van der Waals surface area contributed by atoms with Crippen LogP contribution in [0.15, 0.2) is 46.9 Å². The molecule has 5 rings (SSSR count). The van der Waals surface area contributed by atoms with E-state index in [9.17, 15) is 14.4 Å². The summed E-state index contributed by atoms with van der Waals surface area (Å²) < 4.78 is 5.85. The Labute approximate surface area is 173 Å². The summed E-state index contributed by atoms with van der Waals surface area (Å²) in [5.74, 6) is -0.650. The minimum atomic E-state index is -0.858. The SMILES string of the molecule is CC1CCCCC12NC(=O)N(CC(=O)Nc1ccc3c(c1)oc1ccccc13)C2=O. The molecule has 1 saturated carbocycles. The summed E-state index contributed by atoms with van der Waals surface area (Å²) in [6.45, 7) is 1.68. The highest BCUT2D eigenvalue weighted by molar-refractivity contribution is 6.11. The predicted molar refractivity (Wildman–Crippen MR) is 113 cm³/mol. The van der Waals surface area contributed by atoms with Crippen molar-refractivity contribution in [2.45, 2.75) is 38.1 Å². The number of rotatable bonds is 3. The van der Waals surface area contributed by atoms with Crippen molar-refractivity contribution in [2.75, 3.05) is 11.9 Å². The fraction of sp³-hybridized carbons (Fsp3) is 0.348. The first kappa shape index (κ1) is 18.7. The van der Waals surface area contributed by atoms with Gasteiger partial charge in [0.25, 0.3) is 5.91 Å². The Balaban J connectivity index is 1.33. The fourth-order valence-electron chi connectivity index (χ4n) is 4.79.